The van der Waals surface area contributed by atoms with E-state index in [0.29, 0.717) is 17.8 Å². The molecule has 0 aliphatic carbocycles. The molecule has 3 N–H and O–H groups in total. The summed E-state index contributed by atoms with van der Waals surface area (Å²) < 4.78 is 0. The Morgan fingerprint density at radius 3 is 2.50 bits per heavy atom. The second kappa shape index (κ2) is 7.59. The van der Waals surface area contributed by atoms with Crippen molar-refractivity contribution in [3.05, 3.63) is 29.8 Å². The molecule has 1 aromatic rings. The molecular formula is C16H22N2O4. The summed E-state index contributed by atoms with van der Waals surface area (Å²) in [5.74, 6) is -1.64. The second-order valence-electron chi connectivity index (χ2n) is 5.75. The van der Waals surface area contributed by atoms with Gasteiger partial charge in [-0.15, -0.1) is 0 Å². The van der Waals surface area contributed by atoms with Crippen molar-refractivity contribution in [2.45, 2.75) is 33.6 Å². The van der Waals surface area contributed by atoms with Crippen molar-refractivity contribution in [1.29, 1.82) is 0 Å². The van der Waals surface area contributed by atoms with E-state index in [1.165, 1.54) is 13.8 Å². The number of hydrogen-bond donors (Lipinski definition) is 3. The predicted molar refractivity (Wildman–Crippen MR) is 83.7 cm³/mol. The minimum absolute atomic E-state index is 0.144. The Hall–Kier alpha value is -2.37. The van der Waals surface area contributed by atoms with Gasteiger partial charge < -0.3 is 15.7 Å². The molecule has 0 fully saturated rings. The number of carbonyl (C=O) groups is 3. The summed E-state index contributed by atoms with van der Waals surface area (Å²) in [6.45, 7) is 5.52. The molecule has 0 aliphatic heterocycles. The van der Waals surface area contributed by atoms with Gasteiger partial charge in [-0.1, -0.05) is 13.0 Å². The largest absolute Gasteiger partial charge is 0.481 e. The van der Waals surface area contributed by atoms with Crippen LogP contribution in [0, 0.1) is 5.41 Å². The van der Waals surface area contributed by atoms with E-state index in [1.54, 1.807) is 24.3 Å². The summed E-state index contributed by atoms with van der Waals surface area (Å²) in [6.07, 6.45) is 0.695. The van der Waals surface area contributed by atoms with E-state index in [4.69, 9.17) is 5.11 Å². The van der Waals surface area contributed by atoms with Crippen LogP contribution in [0.4, 0.5) is 5.69 Å². The molecule has 0 aromatic heterocycles. The lowest BCUT2D eigenvalue weighted by molar-refractivity contribution is -0.148. The van der Waals surface area contributed by atoms with Gasteiger partial charge >= 0.3 is 5.97 Å². The number of carboxylic acids is 1. The predicted octanol–water partition coefficient (Wildman–Crippen LogP) is 2.27. The molecule has 22 heavy (non-hydrogen) atoms. The first-order valence-electron chi connectivity index (χ1n) is 7.18. The maximum atomic E-state index is 11.9. The van der Waals surface area contributed by atoms with Crippen molar-refractivity contribution < 1.29 is 19.5 Å². The average Bonchev–Trinajstić information content (AvgIpc) is 2.44. The zero-order valence-electron chi connectivity index (χ0n) is 13.1. The molecule has 0 bridgehead atoms. The lowest BCUT2D eigenvalue weighted by Crippen LogP contribution is -2.29. The van der Waals surface area contributed by atoms with Crippen molar-refractivity contribution in [3.63, 3.8) is 0 Å². The first-order valence-corrected chi connectivity index (χ1v) is 7.18. The van der Waals surface area contributed by atoms with Gasteiger partial charge in [0, 0.05) is 24.2 Å². The highest BCUT2D eigenvalue weighted by atomic mass is 16.4. The van der Waals surface area contributed by atoms with Crippen LogP contribution in [0.1, 0.15) is 44.0 Å². The standard InChI is InChI=1S/C16H22N2O4/c1-4-8-17-14(20)11-6-5-7-12(9-11)18-13(19)10-16(2,3)15(21)22/h5-7,9H,4,8,10H2,1-3H3,(H,17,20)(H,18,19)(H,21,22). The number of aliphatic carboxylic acids is 1. The van der Waals surface area contributed by atoms with E-state index in [0.717, 1.165) is 6.42 Å². The van der Waals surface area contributed by atoms with Crippen molar-refractivity contribution in [1.82, 2.24) is 5.32 Å². The first-order chi connectivity index (χ1) is 10.3. The third-order valence-electron chi connectivity index (χ3n) is 3.13. The highest BCUT2D eigenvalue weighted by Gasteiger charge is 2.30. The van der Waals surface area contributed by atoms with Gasteiger partial charge in [-0.05, 0) is 38.5 Å². The van der Waals surface area contributed by atoms with Gasteiger partial charge in [0.05, 0.1) is 5.41 Å². The quantitative estimate of drug-likeness (QED) is 0.720. The molecule has 0 atom stereocenters. The van der Waals surface area contributed by atoms with Gasteiger partial charge in [0.25, 0.3) is 5.91 Å². The Kier molecular flexibility index (Phi) is 6.10. The topological polar surface area (TPSA) is 95.5 Å². The highest BCUT2D eigenvalue weighted by molar-refractivity contribution is 5.98. The molecule has 120 valence electrons. The van der Waals surface area contributed by atoms with Crippen LogP contribution in [0.25, 0.3) is 0 Å². The van der Waals surface area contributed by atoms with E-state index in [-0.39, 0.29) is 12.3 Å². The van der Waals surface area contributed by atoms with Gasteiger partial charge in [-0.25, -0.2) is 0 Å². The van der Waals surface area contributed by atoms with Crippen LogP contribution in [0.5, 0.6) is 0 Å². The fraction of sp³-hybridized carbons (Fsp3) is 0.438. The van der Waals surface area contributed by atoms with E-state index < -0.39 is 17.3 Å². The van der Waals surface area contributed by atoms with Crippen LogP contribution in [0.3, 0.4) is 0 Å². The summed E-state index contributed by atoms with van der Waals surface area (Å²) in [6, 6.07) is 6.54. The lowest BCUT2D eigenvalue weighted by Gasteiger charge is -2.18. The van der Waals surface area contributed by atoms with Gasteiger partial charge in [-0.2, -0.15) is 0 Å². The van der Waals surface area contributed by atoms with E-state index in [9.17, 15) is 14.4 Å². The first kappa shape index (κ1) is 17.7. The highest BCUT2D eigenvalue weighted by Crippen LogP contribution is 2.21. The lowest BCUT2D eigenvalue weighted by atomic mass is 9.89. The molecule has 1 rings (SSSR count). The second-order valence-corrected chi connectivity index (χ2v) is 5.75. The number of amides is 2. The van der Waals surface area contributed by atoms with Crippen LogP contribution in [-0.4, -0.2) is 29.4 Å². The van der Waals surface area contributed by atoms with Gasteiger partial charge in [0.15, 0.2) is 0 Å². The van der Waals surface area contributed by atoms with Crippen molar-refractivity contribution in [3.8, 4) is 0 Å². The number of rotatable bonds is 7. The van der Waals surface area contributed by atoms with Crippen LogP contribution in [0.15, 0.2) is 24.3 Å². The maximum Gasteiger partial charge on any atom is 0.309 e. The average molecular weight is 306 g/mol. The Labute approximate surface area is 129 Å². The molecule has 1 aromatic carbocycles. The monoisotopic (exact) mass is 306 g/mol. The minimum Gasteiger partial charge on any atom is -0.481 e. The number of hydrogen-bond acceptors (Lipinski definition) is 3. The molecule has 0 spiro atoms. The Morgan fingerprint density at radius 1 is 1.23 bits per heavy atom. The van der Waals surface area contributed by atoms with Gasteiger partial charge in [0.2, 0.25) is 5.91 Å². The molecule has 6 nitrogen and oxygen atoms in total. The molecular weight excluding hydrogens is 284 g/mol. The summed E-state index contributed by atoms with van der Waals surface area (Å²) >= 11 is 0. The SMILES string of the molecule is CCCNC(=O)c1cccc(NC(=O)CC(C)(C)C(=O)O)c1. The molecule has 0 saturated carbocycles. The molecule has 2 amide bonds. The Balaban J connectivity index is 2.72. The maximum absolute atomic E-state index is 11.9. The molecule has 0 unspecified atom stereocenters. The fourth-order valence-electron chi connectivity index (χ4n) is 1.76. The molecule has 0 radical (unpaired) electrons. The summed E-state index contributed by atoms with van der Waals surface area (Å²) in [7, 11) is 0. The number of anilines is 1. The smallest absolute Gasteiger partial charge is 0.309 e. The van der Waals surface area contributed by atoms with Crippen molar-refractivity contribution in [2.75, 3.05) is 11.9 Å². The van der Waals surface area contributed by atoms with Gasteiger partial charge in [0.1, 0.15) is 0 Å². The summed E-state index contributed by atoms with van der Waals surface area (Å²) in [5.41, 5.74) is -0.223. The normalized spacial score (nSPS) is 10.9. The number of carbonyl (C=O) groups excluding carboxylic acids is 2. The van der Waals surface area contributed by atoms with Crippen molar-refractivity contribution in [2.24, 2.45) is 5.41 Å². The summed E-state index contributed by atoms with van der Waals surface area (Å²) in [5, 5.41) is 14.4. The van der Waals surface area contributed by atoms with E-state index >= 15 is 0 Å². The fourth-order valence-corrected chi connectivity index (χ4v) is 1.76. The summed E-state index contributed by atoms with van der Waals surface area (Å²) in [4.78, 5) is 34.8. The zero-order chi connectivity index (χ0) is 16.8. The van der Waals surface area contributed by atoms with Gasteiger partial charge in [-0.3, -0.25) is 14.4 Å². The Bertz CT molecular complexity index is 567. The Morgan fingerprint density at radius 2 is 1.91 bits per heavy atom. The zero-order valence-corrected chi connectivity index (χ0v) is 13.1. The third kappa shape index (κ3) is 5.20. The van der Waals surface area contributed by atoms with E-state index in [1.807, 2.05) is 6.92 Å². The van der Waals surface area contributed by atoms with Crippen LogP contribution in [-0.2, 0) is 9.59 Å². The third-order valence-corrected chi connectivity index (χ3v) is 3.13. The number of benzene rings is 1. The minimum atomic E-state index is -1.14. The van der Waals surface area contributed by atoms with Crippen LogP contribution < -0.4 is 10.6 Å². The van der Waals surface area contributed by atoms with Crippen LogP contribution >= 0.6 is 0 Å². The number of nitrogens with one attached hydrogen (secondary N) is 2. The van der Waals surface area contributed by atoms with Crippen LogP contribution in [0.2, 0.25) is 0 Å². The molecule has 6 heteroatoms. The molecule has 0 heterocycles. The number of carboxylic acid groups (broad SMARTS) is 1. The van der Waals surface area contributed by atoms with Crippen molar-refractivity contribution >= 4 is 23.5 Å². The van der Waals surface area contributed by atoms with E-state index in [2.05, 4.69) is 10.6 Å². The molecule has 0 saturated heterocycles. The molecule has 0 aliphatic rings.